The van der Waals surface area contributed by atoms with Crippen LogP contribution in [0.2, 0.25) is 0 Å². The molecule has 0 N–H and O–H groups in total. The summed E-state index contributed by atoms with van der Waals surface area (Å²) in [5.74, 6) is 0.600. The van der Waals surface area contributed by atoms with Crippen molar-refractivity contribution in [1.82, 2.24) is 4.98 Å². The number of hydrogen-bond donors (Lipinski definition) is 0. The fraction of sp³-hybridized carbons (Fsp3) is 0.462. The zero-order chi connectivity index (χ0) is 10.6. The standard InChI is InChI=1S/C13H19N/c1-5-12-6-7-13(14-9-12)8-11(4)10(2)3/h6-10H,5H2,1-4H3. The molecule has 1 heteroatoms. The summed E-state index contributed by atoms with van der Waals surface area (Å²) in [5, 5.41) is 0. The van der Waals surface area contributed by atoms with Crippen molar-refractivity contribution in [3.05, 3.63) is 35.2 Å². The summed E-state index contributed by atoms with van der Waals surface area (Å²) in [6, 6.07) is 4.23. The van der Waals surface area contributed by atoms with Crippen LogP contribution in [0.4, 0.5) is 0 Å². The molecule has 0 fully saturated rings. The summed E-state index contributed by atoms with van der Waals surface area (Å²) in [4.78, 5) is 4.40. The second-order valence-electron chi connectivity index (χ2n) is 3.99. The van der Waals surface area contributed by atoms with E-state index in [1.807, 2.05) is 6.20 Å². The molecule has 0 bridgehead atoms. The molecule has 1 nitrogen and oxygen atoms in total. The van der Waals surface area contributed by atoms with Gasteiger partial charge in [0.25, 0.3) is 0 Å². The Labute approximate surface area is 86.9 Å². The van der Waals surface area contributed by atoms with Gasteiger partial charge in [-0.3, -0.25) is 4.98 Å². The Morgan fingerprint density at radius 1 is 1.43 bits per heavy atom. The molecule has 0 aliphatic rings. The van der Waals surface area contributed by atoms with Crippen LogP contribution >= 0.6 is 0 Å². The minimum Gasteiger partial charge on any atom is -0.257 e. The highest BCUT2D eigenvalue weighted by Crippen LogP contribution is 2.12. The van der Waals surface area contributed by atoms with Crippen LogP contribution in [0.25, 0.3) is 6.08 Å². The molecule has 0 saturated carbocycles. The average Bonchev–Trinajstić information content (AvgIpc) is 2.19. The van der Waals surface area contributed by atoms with Crippen molar-refractivity contribution < 1.29 is 0 Å². The maximum Gasteiger partial charge on any atom is 0.0629 e. The molecule has 1 aromatic heterocycles. The summed E-state index contributed by atoms with van der Waals surface area (Å²) < 4.78 is 0. The molecule has 1 heterocycles. The SMILES string of the molecule is CCc1ccc(C=C(C)C(C)C)nc1. The highest BCUT2D eigenvalue weighted by Gasteiger charge is 1.97. The Kier molecular flexibility index (Phi) is 3.87. The van der Waals surface area contributed by atoms with Crippen molar-refractivity contribution in [3.8, 4) is 0 Å². The number of pyridine rings is 1. The van der Waals surface area contributed by atoms with E-state index in [2.05, 4.69) is 50.9 Å². The van der Waals surface area contributed by atoms with E-state index in [-0.39, 0.29) is 0 Å². The third-order valence-electron chi connectivity index (χ3n) is 2.54. The van der Waals surface area contributed by atoms with Crippen molar-refractivity contribution in [2.75, 3.05) is 0 Å². The van der Waals surface area contributed by atoms with Gasteiger partial charge in [-0.15, -0.1) is 0 Å². The molecule has 0 aromatic carbocycles. The minimum atomic E-state index is 0.600. The molecule has 0 radical (unpaired) electrons. The van der Waals surface area contributed by atoms with Gasteiger partial charge in [-0.25, -0.2) is 0 Å². The maximum atomic E-state index is 4.40. The summed E-state index contributed by atoms with van der Waals surface area (Å²) >= 11 is 0. The van der Waals surface area contributed by atoms with E-state index in [4.69, 9.17) is 0 Å². The Bertz CT molecular complexity index is 307. The summed E-state index contributed by atoms with van der Waals surface area (Å²) in [6.45, 7) is 8.70. The highest BCUT2D eigenvalue weighted by atomic mass is 14.7. The largest absolute Gasteiger partial charge is 0.257 e. The molecule has 1 aromatic rings. The zero-order valence-corrected chi connectivity index (χ0v) is 9.54. The first-order valence-electron chi connectivity index (χ1n) is 5.26. The van der Waals surface area contributed by atoms with Crippen LogP contribution in [0.3, 0.4) is 0 Å². The molecule has 0 spiro atoms. The normalized spacial score (nSPS) is 12.2. The van der Waals surface area contributed by atoms with E-state index < -0.39 is 0 Å². The molecule has 0 saturated heterocycles. The van der Waals surface area contributed by atoms with Crippen molar-refractivity contribution in [2.45, 2.75) is 34.1 Å². The second-order valence-corrected chi connectivity index (χ2v) is 3.99. The van der Waals surface area contributed by atoms with Gasteiger partial charge in [0.2, 0.25) is 0 Å². The van der Waals surface area contributed by atoms with Gasteiger partial charge in [0.1, 0.15) is 0 Å². The highest BCUT2D eigenvalue weighted by molar-refractivity contribution is 5.48. The van der Waals surface area contributed by atoms with Crippen LogP contribution in [-0.2, 0) is 6.42 Å². The first-order chi connectivity index (χ1) is 6.63. The van der Waals surface area contributed by atoms with Crippen molar-refractivity contribution >= 4 is 6.08 Å². The summed E-state index contributed by atoms with van der Waals surface area (Å²) in [6.07, 6.45) is 5.17. The van der Waals surface area contributed by atoms with Crippen LogP contribution in [0.15, 0.2) is 23.9 Å². The maximum absolute atomic E-state index is 4.40. The fourth-order valence-electron chi connectivity index (χ4n) is 1.13. The number of aryl methyl sites for hydroxylation is 1. The smallest absolute Gasteiger partial charge is 0.0629 e. The molecule has 0 atom stereocenters. The molecule has 1 rings (SSSR count). The van der Waals surface area contributed by atoms with Crippen molar-refractivity contribution in [3.63, 3.8) is 0 Å². The Hall–Kier alpha value is -1.11. The van der Waals surface area contributed by atoms with Gasteiger partial charge >= 0.3 is 0 Å². The Morgan fingerprint density at radius 2 is 2.14 bits per heavy atom. The first kappa shape index (κ1) is 11.0. The molecule has 0 aliphatic carbocycles. The molecule has 76 valence electrons. The third kappa shape index (κ3) is 2.99. The molecule has 14 heavy (non-hydrogen) atoms. The molecule has 0 amide bonds. The molecular formula is C13H19N. The van der Waals surface area contributed by atoms with Crippen LogP contribution in [0.1, 0.15) is 39.0 Å². The zero-order valence-electron chi connectivity index (χ0n) is 9.54. The lowest BCUT2D eigenvalue weighted by Crippen LogP contribution is -1.90. The topological polar surface area (TPSA) is 12.9 Å². The monoisotopic (exact) mass is 189 g/mol. The van der Waals surface area contributed by atoms with E-state index in [1.165, 1.54) is 11.1 Å². The summed E-state index contributed by atoms with van der Waals surface area (Å²) in [7, 11) is 0. The van der Waals surface area contributed by atoms with E-state index in [0.717, 1.165) is 12.1 Å². The van der Waals surface area contributed by atoms with Gasteiger partial charge in [0, 0.05) is 6.20 Å². The second kappa shape index (κ2) is 4.94. The fourth-order valence-corrected chi connectivity index (χ4v) is 1.13. The number of allylic oxidation sites excluding steroid dienone is 1. The Morgan fingerprint density at radius 3 is 2.57 bits per heavy atom. The van der Waals surface area contributed by atoms with Crippen molar-refractivity contribution in [2.24, 2.45) is 5.92 Å². The summed E-state index contributed by atoms with van der Waals surface area (Å²) in [5.41, 5.74) is 3.74. The van der Waals surface area contributed by atoms with E-state index in [0.29, 0.717) is 5.92 Å². The average molecular weight is 189 g/mol. The molecule has 0 unspecified atom stereocenters. The van der Waals surface area contributed by atoms with Crippen LogP contribution in [0, 0.1) is 5.92 Å². The van der Waals surface area contributed by atoms with Crippen LogP contribution in [0.5, 0.6) is 0 Å². The number of hydrogen-bond acceptors (Lipinski definition) is 1. The van der Waals surface area contributed by atoms with Gasteiger partial charge in [0.15, 0.2) is 0 Å². The first-order valence-corrected chi connectivity index (χ1v) is 5.26. The molecular weight excluding hydrogens is 170 g/mol. The van der Waals surface area contributed by atoms with E-state index in [9.17, 15) is 0 Å². The van der Waals surface area contributed by atoms with Crippen LogP contribution < -0.4 is 0 Å². The quantitative estimate of drug-likeness (QED) is 0.706. The van der Waals surface area contributed by atoms with Gasteiger partial charge in [-0.05, 0) is 37.0 Å². The lowest BCUT2D eigenvalue weighted by Gasteiger charge is -2.04. The van der Waals surface area contributed by atoms with E-state index in [1.54, 1.807) is 0 Å². The lowest BCUT2D eigenvalue weighted by molar-refractivity contribution is 0.775. The van der Waals surface area contributed by atoms with Gasteiger partial charge in [-0.2, -0.15) is 0 Å². The van der Waals surface area contributed by atoms with Gasteiger partial charge < -0.3 is 0 Å². The number of nitrogens with zero attached hydrogens (tertiary/aromatic N) is 1. The lowest BCUT2D eigenvalue weighted by atomic mass is 10.0. The van der Waals surface area contributed by atoms with Gasteiger partial charge in [0.05, 0.1) is 5.69 Å². The van der Waals surface area contributed by atoms with Crippen molar-refractivity contribution in [1.29, 1.82) is 0 Å². The number of aromatic nitrogens is 1. The van der Waals surface area contributed by atoms with Crippen LogP contribution in [-0.4, -0.2) is 4.98 Å². The third-order valence-corrected chi connectivity index (χ3v) is 2.54. The molecule has 0 aliphatic heterocycles. The number of rotatable bonds is 3. The predicted octanol–water partition coefficient (Wildman–Crippen LogP) is 3.70. The predicted molar refractivity (Wildman–Crippen MR) is 62.1 cm³/mol. The Balaban J connectivity index is 2.83. The minimum absolute atomic E-state index is 0.600. The van der Waals surface area contributed by atoms with E-state index >= 15 is 0 Å². The van der Waals surface area contributed by atoms with Gasteiger partial charge in [-0.1, -0.05) is 32.4 Å².